The molecule has 1 saturated heterocycles. The second kappa shape index (κ2) is 5.46. The average molecular weight is 241 g/mol. The third-order valence-electron chi connectivity index (χ3n) is 3.02. The van der Waals surface area contributed by atoms with E-state index in [-0.39, 0.29) is 0 Å². The van der Waals surface area contributed by atoms with Crippen LogP contribution in [-0.2, 0) is 0 Å². The fourth-order valence-corrected chi connectivity index (χ4v) is 2.11. The fourth-order valence-electron chi connectivity index (χ4n) is 2.01. The Morgan fingerprint density at radius 1 is 1.50 bits per heavy atom. The Balaban J connectivity index is 1.90. The van der Waals surface area contributed by atoms with E-state index in [2.05, 4.69) is 27.5 Å². The molecule has 0 bridgehead atoms. The smallest absolute Gasteiger partial charge is 0.222 e. The second-order valence-electron chi connectivity index (χ2n) is 4.26. The van der Waals surface area contributed by atoms with Gasteiger partial charge in [-0.05, 0) is 38.8 Å². The quantitative estimate of drug-likeness (QED) is 0.848. The minimum absolute atomic E-state index is 0.383. The highest BCUT2D eigenvalue weighted by molar-refractivity contribution is 6.30. The largest absolute Gasteiger partial charge is 0.351 e. The number of hydrogen-bond donors (Lipinski definition) is 2. The van der Waals surface area contributed by atoms with Crippen LogP contribution in [-0.4, -0.2) is 29.1 Å². The number of nitrogens with one attached hydrogen (secondary N) is 2. The maximum absolute atomic E-state index is 5.73. The summed E-state index contributed by atoms with van der Waals surface area (Å²) in [6.45, 7) is 4.39. The van der Waals surface area contributed by atoms with Gasteiger partial charge in [-0.2, -0.15) is 0 Å². The number of aromatic nitrogens is 2. The summed E-state index contributed by atoms with van der Waals surface area (Å²) in [5.74, 6) is 1.30. The number of nitrogens with zero attached hydrogens (tertiary/aromatic N) is 2. The van der Waals surface area contributed by atoms with Crippen molar-refractivity contribution in [1.29, 1.82) is 0 Å². The van der Waals surface area contributed by atoms with Gasteiger partial charge in [0.05, 0.1) is 17.4 Å². The summed E-state index contributed by atoms with van der Waals surface area (Å²) in [6, 6.07) is 0.383. The van der Waals surface area contributed by atoms with Crippen LogP contribution in [0.3, 0.4) is 0 Å². The molecule has 0 saturated carbocycles. The van der Waals surface area contributed by atoms with Gasteiger partial charge in [-0.3, -0.25) is 0 Å². The summed E-state index contributed by atoms with van der Waals surface area (Å²) in [7, 11) is 0. The molecule has 16 heavy (non-hydrogen) atoms. The zero-order chi connectivity index (χ0) is 11.4. The van der Waals surface area contributed by atoms with E-state index in [9.17, 15) is 0 Å². The molecule has 1 aromatic rings. The Bertz CT molecular complexity index is 321. The van der Waals surface area contributed by atoms with Crippen molar-refractivity contribution in [2.75, 3.05) is 18.4 Å². The van der Waals surface area contributed by atoms with Crippen molar-refractivity contribution in [3.63, 3.8) is 0 Å². The van der Waals surface area contributed by atoms with Crippen molar-refractivity contribution in [1.82, 2.24) is 15.3 Å². The lowest BCUT2D eigenvalue weighted by molar-refractivity contribution is 0.346. The topological polar surface area (TPSA) is 49.8 Å². The molecule has 0 radical (unpaired) electrons. The van der Waals surface area contributed by atoms with Crippen LogP contribution in [0.15, 0.2) is 12.4 Å². The normalized spacial score (nSPS) is 22.8. The van der Waals surface area contributed by atoms with Gasteiger partial charge in [-0.1, -0.05) is 11.6 Å². The Morgan fingerprint density at radius 2 is 2.25 bits per heavy atom. The van der Waals surface area contributed by atoms with E-state index in [1.165, 1.54) is 12.8 Å². The summed E-state index contributed by atoms with van der Waals surface area (Å²) in [5, 5.41) is 7.29. The van der Waals surface area contributed by atoms with E-state index in [0.29, 0.717) is 22.9 Å². The van der Waals surface area contributed by atoms with Crippen LogP contribution in [0.2, 0.25) is 5.02 Å². The molecule has 5 heteroatoms. The Labute approximate surface area is 101 Å². The number of rotatable bonds is 3. The summed E-state index contributed by atoms with van der Waals surface area (Å²) in [5.41, 5.74) is 0. The first kappa shape index (κ1) is 11.6. The van der Waals surface area contributed by atoms with Gasteiger partial charge in [0.25, 0.3) is 0 Å². The summed E-state index contributed by atoms with van der Waals surface area (Å²) in [4.78, 5) is 8.28. The van der Waals surface area contributed by atoms with Gasteiger partial charge in [0.15, 0.2) is 0 Å². The highest BCUT2D eigenvalue weighted by Gasteiger charge is 2.20. The molecule has 2 rings (SSSR count). The molecule has 1 aromatic heterocycles. The lowest BCUT2D eigenvalue weighted by Crippen LogP contribution is -2.39. The molecule has 1 aliphatic rings. The van der Waals surface area contributed by atoms with Crippen LogP contribution < -0.4 is 10.6 Å². The van der Waals surface area contributed by atoms with Gasteiger partial charge in [-0.15, -0.1) is 0 Å². The standard InChI is InChI=1S/C11H17ClN4/c1-8(9-3-2-4-13-5-9)16-11-14-6-10(12)7-15-11/h6-9,13H,2-5H2,1H3,(H,14,15,16). The van der Waals surface area contributed by atoms with Crippen LogP contribution in [0.25, 0.3) is 0 Å². The zero-order valence-corrected chi connectivity index (χ0v) is 10.2. The lowest BCUT2D eigenvalue weighted by Gasteiger charge is -2.28. The third kappa shape index (κ3) is 3.06. The van der Waals surface area contributed by atoms with Crippen molar-refractivity contribution < 1.29 is 0 Å². The van der Waals surface area contributed by atoms with E-state index in [4.69, 9.17) is 11.6 Å². The van der Waals surface area contributed by atoms with Gasteiger partial charge >= 0.3 is 0 Å². The van der Waals surface area contributed by atoms with E-state index >= 15 is 0 Å². The Kier molecular flexibility index (Phi) is 3.96. The third-order valence-corrected chi connectivity index (χ3v) is 3.21. The minimum Gasteiger partial charge on any atom is -0.351 e. The SMILES string of the molecule is CC(Nc1ncc(Cl)cn1)C1CCCNC1. The van der Waals surface area contributed by atoms with E-state index in [0.717, 1.165) is 13.1 Å². The van der Waals surface area contributed by atoms with Gasteiger partial charge in [0, 0.05) is 6.04 Å². The van der Waals surface area contributed by atoms with Gasteiger partial charge in [-0.25, -0.2) is 9.97 Å². The molecule has 88 valence electrons. The van der Waals surface area contributed by atoms with Crippen molar-refractivity contribution in [2.24, 2.45) is 5.92 Å². The van der Waals surface area contributed by atoms with Gasteiger partial charge in [0.1, 0.15) is 0 Å². The molecule has 0 amide bonds. The van der Waals surface area contributed by atoms with Crippen LogP contribution in [0.1, 0.15) is 19.8 Å². The summed E-state index contributed by atoms with van der Waals surface area (Å²) < 4.78 is 0. The minimum atomic E-state index is 0.383. The first-order valence-corrected chi connectivity index (χ1v) is 6.08. The average Bonchev–Trinajstić information content (AvgIpc) is 2.33. The highest BCUT2D eigenvalue weighted by Crippen LogP contribution is 2.17. The van der Waals surface area contributed by atoms with Crippen molar-refractivity contribution in [3.8, 4) is 0 Å². The molecule has 0 spiro atoms. The predicted octanol–water partition coefficient (Wildman–Crippen LogP) is 1.93. The van der Waals surface area contributed by atoms with Crippen molar-refractivity contribution in [3.05, 3.63) is 17.4 Å². The molecule has 2 atom stereocenters. The molecule has 0 aliphatic carbocycles. The monoisotopic (exact) mass is 240 g/mol. The van der Waals surface area contributed by atoms with E-state index in [1.807, 2.05) is 0 Å². The molecule has 2 N–H and O–H groups in total. The lowest BCUT2D eigenvalue weighted by atomic mass is 9.93. The molecule has 1 fully saturated rings. The van der Waals surface area contributed by atoms with Gasteiger partial charge < -0.3 is 10.6 Å². The van der Waals surface area contributed by atoms with Crippen LogP contribution in [0.5, 0.6) is 0 Å². The second-order valence-corrected chi connectivity index (χ2v) is 4.70. The van der Waals surface area contributed by atoms with Crippen molar-refractivity contribution in [2.45, 2.75) is 25.8 Å². The first-order chi connectivity index (χ1) is 7.75. The van der Waals surface area contributed by atoms with Crippen LogP contribution >= 0.6 is 11.6 Å². The van der Waals surface area contributed by atoms with Crippen molar-refractivity contribution >= 4 is 17.5 Å². The fraction of sp³-hybridized carbons (Fsp3) is 0.636. The summed E-state index contributed by atoms with van der Waals surface area (Å²) in [6.07, 6.45) is 5.73. The number of piperidine rings is 1. The maximum Gasteiger partial charge on any atom is 0.222 e. The molecule has 0 aromatic carbocycles. The number of halogens is 1. The highest BCUT2D eigenvalue weighted by atomic mass is 35.5. The Hall–Kier alpha value is -0.870. The first-order valence-electron chi connectivity index (χ1n) is 5.70. The Morgan fingerprint density at radius 3 is 2.88 bits per heavy atom. The number of anilines is 1. The van der Waals surface area contributed by atoms with Gasteiger partial charge in [0.2, 0.25) is 5.95 Å². The molecule has 1 aliphatic heterocycles. The van der Waals surface area contributed by atoms with Crippen LogP contribution in [0.4, 0.5) is 5.95 Å². The van der Waals surface area contributed by atoms with E-state index in [1.54, 1.807) is 12.4 Å². The molecule has 2 unspecified atom stereocenters. The van der Waals surface area contributed by atoms with Crippen LogP contribution in [0, 0.1) is 5.92 Å². The number of hydrogen-bond acceptors (Lipinski definition) is 4. The zero-order valence-electron chi connectivity index (χ0n) is 9.41. The molecular weight excluding hydrogens is 224 g/mol. The molecule has 4 nitrogen and oxygen atoms in total. The molecular formula is C11H17ClN4. The molecule has 2 heterocycles. The van der Waals surface area contributed by atoms with E-state index < -0.39 is 0 Å². The maximum atomic E-state index is 5.73. The predicted molar refractivity (Wildman–Crippen MR) is 65.7 cm³/mol. The summed E-state index contributed by atoms with van der Waals surface area (Å²) >= 11 is 5.73.